The molecule has 8 heteroatoms. The molecular formula is C19H19BrClN3O2S. The molecule has 2 heterocycles. The topological polar surface area (TPSA) is 53.5 Å². The first-order chi connectivity index (χ1) is 13.0. The van der Waals surface area contributed by atoms with E-state index in [4.69, 9.17) is 11.6 Å². The zero-order valence-electron chi connectivity index (χ0n) is 14.7. The number of thiazole rings is 1. The van der Waals surface area contributed by atoms with Crippen molar-refractivity contribution in [2.24, 2.45) is 0 Å². The van der Waals surface area contributed by atoms with Crippen molar-refractivity contribution in [3.8, 4) is 0 Å². The van der Waals surface area contributed by atoms with Crippen LogP contribution >= 0.6 is 38.9 Å². The number of aryl methyl sites for hydroxylation is 1. The van der Waals surface area contributed by atoms with Gasteiger partial charge in [0.15, 0.2) is 5.78 Å². The maximum Gasteiger partial charge on any atom is 0.255 e. The summed E-state index contributed by atoms with van der Waals surface area (Å²) in [6.07, 6.45) is 2.47. The second kappa shape index (κ2) is 7.99. The number of rotatable bonds is 3. The lowest BCUT2D eigenvalue weighted by molar-refractivity contribution is 0.0628. The molecule has 4 rings (SSSR count). The van der Waals surface area contributed by atoms with E-state index in [2.05, 4.69) is 25.8 Å². The number of carbonyl (C=O) groups is 2. The Morgan fingerprint density at radius 2 is 2.00 bits per heavy atom. The number of piperazine rings is 1. The van der Waals surface area contributed by atoms with Crippen molar-refractivity contribution in [2.75, 3.05) is 26.2 Å². The summed E-state index contributed by atoms with van der Waals surface area (Å²) in [5.74, 6) is 0.206. The minimum atomic E-state index is -0.0312. The normalized spacial score (nSPS) is 17.9. The molecule has 2 aromatic rings. The molecule has 5 nitrogen and oxygen atoms in total. The molecule has 142 valence electrons. The molecule has 1 aromatic carbocycles. The Kier molecular flexibility index (Phi) is 5.64. The number of hydrogen-bond acceptors (Lipinski definition) is 5. The lowest BCUT2D eigenvalue weighted by Crippen LogP contribution is -2.48. The SMILES string of the molecule is O=C1CCCc2nc(CN3CCN(C(=O)c4cc(Br)ccc4Cl)CC3)sc21. The second-order valence-electron chi connectivity index (χ2n) is 6.85. The molecule has 0 atom stereocenters. The summed E-state index contributed by atoms with van der Waals surface area (Å²) in [5.41, 5.74) is 1.51. The molecule has 1 aliphatic carbocycles. The van der Waals surface area contributed by atoms with Gasteiger partial charge in [-0.05, 0) is 31.0 Å². The van der Waals surface area contributed by atoms with Crippen LogP contribution in [0.5, 0.6) is 0 Å². The smallest absolute Gasteiger partial charge is 0.255 e. The quantitative estimate of drug-likeness (QED) is 0.682. The first-order valence-corrected chi connectivity index (χ1v) is 11.0. The van der Waals surface area contributed by atoms with E-state index in [0.29, 0.717) is 30.1 Å². The highest BCUT2D eigenvalue weighted by atomic mass is 79.9. The molecule has 0 saturated carbocycles. The third-order valence-corrected chi connectivity index (χ3v) is 6.94. The third kappa shape index (κ3) is 4.11. The van der Waals surface area contributed by atoms with Crippen LogP contribution in [0.25, 0.3) is 0 Å². The number of nitrogens with zero attached hydrogens (tertiary/aromatic N) is 3. The summed E-state index contributed by atoms with van der Waals surface area (Å²) >= 11 is 11.1. The highest BCUT2D eigenvalue weighted by Gasteiger charge is 2.26. The van der Waals surface area contributed by atoms with Crippen molar-refractivity contribution in [1.82, 2.24) is 14.8 Å². The monoisotopic (exact) mass is 467 g/mol. The van der Waals surface area contributed by atoms with Crippen LogP contribution in [-0.2, 0) is 13.0 Å². The van der Waals surface area contributed by atoms with Gasteiger partial charge in [-0.2, -0.15) is 0 Å². The fourth-order valence-corrected chi connectivity index (χ4v) is 5.20. The first kappa shape index (κ1) is 19.1. The number of benzene rings is 1. The Labute approximate surface area is 175 Å². The van der Waals surface area contributed by atoms with Gasteiger partial charge in [0.2, 0.25) is 0 Å². The van der Waals surface area contributed by atoms with Gasteiger partial charge in [0, 0.05) is 37.1 Å². The molecule has 0 radical (unpaired) electrons. The average molecular weight is 469 g/mol. The Morgan fingerprint density at radius 1 is 1.22 bits per heavy atom. The number of ketones is 1. The van der Waals surface area contributed by atoms with E-state index in [9.17, 15) is 9.59 Å². The maximum absolute atomic E-state index is 12.8. The van der Waals surface area contributed by atoms with Gasteiger partial charge in [-0.25, -0.2) is 4.98 Å². The number of amides is 1. The van der Waals surface area contributed by atoms with Crippen LogP contribution in [0.1, 0.15) is 43.6 Å². The van der Waals surface area contributed by atoms with Crippen LogP contribution in [0, 0.1) is 0 Å². The van der Waals surface area contributed by atoms with E-state index in [1.54, 1.807) is 12.1 Å². The number of fused-ring (bicyclic) bond motifs is 1. The van der Waals surface area contributed by atoms with Gasteiger partial charge in [0.25, 0.3) is 5.91 Å². The van der Waals surface area contributed by atoms with Crippen molar-refractivity contribution in [2.45, 2.75) is 25.8 Å². The van der Waals surface area contributed by atoms with Crippen molar-refractivity contribution in [1.29, 1.82) is 0 Å². The highest BCUT2D eigenvalue weighted by molar-refractivity contribution is 9.10. The van der Waals surface area contributed by atoms with E-state index < -0.39 is 0 Å². The van der Waals surface area contributed by atoms with Gasteiger partial charge in [-0.15, -0.1) is 11.3 Å². The third-order valence-electron chi connectivity index (χ3n) is 4.99. The van der Waals surface area contributed by atoms with Crippen LogP contribution in [-0.4, -0.2) is 52.7 Å². The first-order valence-electron chi connectivity index (χ1n) is 9.00. The van der Waals surface area contributed by atoms with Crippen molar-refractivity contribution < 1.29 is 9.59 Å². The van der Waals surface area contributed by atoms with Crippen LogP contribution in [0.3, 0.4) is 0 Å². The van der Waals surface area contributed by atoms with E-state index in [1.807, 2.05) is 11.0 Å². The number of halogens is 2. The van der Waals surface area contributed by atoms with E-state index in [-0.39, 0.29) is 11.7 Å². The van der Waals surface area contributed by atoms with Gasteiger partial charge < -0.3 is 4.90 Å². The van der Waals surface area contributed by atoms with Crippen LogP contribution in [0.2, 0.25) is 5.02 Å². The van der Waals surface area contributed by atoms with Crippen LogP contribution < -0.4 is 0 Å². The number of carbonyl (C=O) groups excluding carboxylic acids is 2. The van der Waals surface area contributed by atoms with Gasteiger partial charge >= 0.3 is 0 Å². The van der Waals surface area contributed by atoms with Gasteiger partial charge in [-0.3, -0.25) is 14.5 Å². The van der Waals surface area contributed by atoms with Gasteiger partial charge in [-0.1, -0.05) is 27.5 Å². The molecule has 1 amide bonds. The molecule has 0 unspecified atom stereocenters. The maximum atomic E-state index is 12.8. The lowest BCUT2D eigenvalue weighted by atomic mass is 10.0. The Hall–Kier alpha value is -1.28. The van der Waals surface area contributed by atoms with Crippen molar-refractivity contribution >= 4 is 50.6 Å². The van der Waals surface area contributed by atoms with E-state index in [1.165, 1.54) is 11.3 Å². The summed E-state index contributed by atoms with van der Waals surface area (Å²) in [6, 6.07) is 5.34. The summed E-state index contributed by atoms with van der Waals surface area (Å²) in [5, 5.41) is 1.48. The molecule has 1 saturated heterocycles. The molecule has 1 aliphatic heterocycles. The van der Waals surface area contributed by atoms with Crippen molar-refractivity contribution in [3.63, 3.8) is 0 Å². The fourth-order valence-electron chi connectivity index (χ4n) is 3.52. The zero-order valence-corrected chi connectivity index (χ0v) is 17.9. The number of Topliss-reactive ketones (excluding diaryl/α,β-unsaturated/α-hetero) is 1. The predicted molar refractivity (Wildman–Crippen MR) is 110 cm³/mol. The minimum absolute atomic E-state index is 0.0312. The summed E-state index contributed by atoms with van der Waals surface area (Å²) < 4.78 is 0.844. The highest BCUT2D eigenvalue weighted by Crippen LogP contribution is 2.28. The Morgan fingerprint density at radius 3 is 2.74 bits per heavy atom. The van der Waals surface area contributed by atoms with Crippen LogP contribution in [0.15, 0.2) is 22.7 Å². The summed E-state index contributed by atoms with van der Waals surface area (Å²) in [7, 11) is 0. The van der Waals surface area contributed by atoms with Gasteiger partial charge in [0.1, 0.15) is 5.01 Å². The average Bonchev–Trinajstić information content (AvgIpc) is 3.08. The molecule has 27 heavy (non-hydrogen) atoms. The second-order valence-corrected chi connectivity index (χ2v) is 9.26. The molecule has 0 spiro atoms. The Balaban J connectivity index is 1.37. The van der Waals surface area contributed by atoms with Gasteiger partial charge in [0.05, 0.1) is 27.7 Å². The zero-order chi connectivity index (χ0) is 19.0. The summed E-state index contributed by atoms with van der Waals surface area (Å²) in [4.78, 5) is 34.4. The van der Waals surface area contributed by atoms with Crippen molar-refractivity contribution in [3.05, 3.63) is 48.8 Å². The molecule has 1 fully saturated rings. The summed E-state index contributed by atoms with van der Waals surface area (Å²) in [6.45, 7) is 3.63. The molecule has 0 bridgehead atoms. The lowest BCUT2D eigenvalue weighted by Gasteiger charge is -2.34. The molecule has 0 N–H and O–H groups in total. The van der Waals surface area contributed by atoms with E-state index in [0.717, 1.165) is 52.5 Å². The predicted octanol–water partition coefficient (Wildman–Crippen LogP) is 4.04. The molecule has 1 aromatic heterocycles. The number of aromatic nitrogens is 1. The standard InChI is InChI=1S/C19H19BrClN3O2S/c20-12-4-5-14(21)13(10-12)19(26)24-8-6-23(7-9-24)11-17-22-15-2-1-3-16(25)18(15)27-17/h4-5,10H,1-3,6-9,11H2. The number of hydrogen-bond donors (Lipinski definition) is 0. The van der Waals surface area contributed by atoms with E-state index >= 15 is 0 Å². The Bertz CT molecular complexity index is 893. The fraction of sp³-hybridized carbons (Fsp3) is 0.421. The minimum Gasteiger partial charge on any atom is -0.336 e. The molecule has 2 aliphatic rings. The van der Waals surface area contributed by atoms with Crippen LogP contribution in [0.4, 0.5) is 0 Å². The molecular weight excluding hydrogens is 450 g/mol. The largest absolute Gasteiger partial charge is 0.336 e.